The van der Waals surface area contributed by atoms with Crippen molar-refractivity contribution >= 4 is 17.8 Å². The highest BCUT2D eigenvalue weighted by Gasteiger charge is 2.50. The number of ether oxygens (including phenoxy) is 3. The molecule has 2 saturated heterocycles. The van der Waals surface area contributed by atoms with Crippen molar-refractivity contribution in [2.24, 2.45) is 0 Å². The Hall–Kier alpha value is -4.54. The van der Waals surface area contributed by atoms with E-state index in [-0.39, 0.29) is 49.0 Å². The second kappa shape index (κ2) is 18.6. The SMILES string of the molecule is CCOC(=O)CCCCCN(C)C(=O)CO[C@H]1Cc2ccccc2C12CCN(CC[C@]1(c3ccc(F)cc3)CN(C(=O)c3cc(C(F)(F)F)cc(C(F)(F)F)c3)CO1)CC2. The van der Waals surface area contributed by atoms with E-state index in [0.29, 0.717) is 82.6 Å². The van der Waals surface area contributed by atoms with E-state index < -0.39 is 53.1 Å². The maximum absolute atomic E-state index is 14.1. The van der Waals surface area contributed by atoms with Gasteiger partial charge in [-0.05, 0) is 106 Å². The number of likely N-dealkylation sites (tertiary alicyclic amines) is 1. The fraction of sp³-hybridized carbons (Fsp3) is 0.523. The predicted octanol–water partition coefficient (Wildman–Crippen LogP) is 8.14. The monoisotopic (exact) mass is 849 g/mol. The zero-order chi connectivity index (χ0) is 43.3. The Morgan fingerprint density at radius 3 is 2.22 bits per heavy atom. The average Bonchev–Trinajstić information content (AvgIpc) is 3.79. The van der Waals surface area contributed by atoms with E-state index in [4.69, 9.17) is 14.2 Å². The summed E-state index contributed by atoms with van der Waals surface area (Å²) in [5.41, 5.74) is -2.68. The van der Waals surface area contributed by atoms with Crippen molar-refractivity contribution in [3.8, 4) is 0 Å². The molecule has 0 radical (unpaired) electrons. The quantitative estimate of drug-likeness (QED) is 0.0868. The molecule has 2 fully saturated rings. The van der Waals surface area contributed by atoms with Crippen LogP contribution in [0.2, 0.25) is 0 Å². The number of rotatable bonds is 15. The van der Waals surface area contributed by atoms with Crippen molar-refractivity contribution < 1.29 is 59.3 Å². The number of fused-ring (bicyclic) bond motifs is 2. The molecule has 0 unspecified atom stereocenters. The van der Waals surface area contributed by atoms with Gasteiger partial charge in [0.25, 0.3) is 5.91 Å². The first-order valence-electron chi connectivity index (χ1n) is 20.2. The lowest BCUT2D eigenvalue weighted by molar-refractivity contribution is -0.144. The van der Waals surface area contributed by atoms with E-state index >= 15 is 0 Å². The zero-order valence-electron chi connectivity index (χ0n) is 33.7. The molecule has 60 heavy (non-hydrogen) atoms. The number of halogens is 7. The Morgan fingerprint density at radius 2 is 1.57 bits per heavy atom. The van der Waals surface area contributed by atoms with Crippen molar-refractivity contribution in [1.29, 1.82) is 0 Å². The van der Waals surface area contributed by atoms with Crippen LogP contribution >= 0.6 is 0 Å². The molecule has 2 heterocycles. The Bertz CT molecular complexity index is 1950. The van der Waals surface area contributed by atoms with E-state index in [0.717, 1.165) is 17.7 Å². The van der Waals surface area contributed by atoms with Gasteiger partial charge in [0, 0.05) is 37.5 Å². The number of piperidine rings is 1. The number of hydrogen-bond donors (Lipinski definition) is 0. The Balaban J connectivity index is 1.10. The van der Waals surface area contributed by atoms with E-state index in [2.05, 4.69) is 17.0 Å². The number of amides is 2. The number of nitrogens with zero attached hydrogens (tertiary/aromatic N) is 3. The topological polar surface area (TPSA) is 88.6 Å². The van der Waals surface area contributed by atoms with Crippen LogP contribution in [-0.4, -0.2) is 98.3 Å². The highest BCUT2D eigenvalue weighted by Crippen LogP contribution is 2.48. The lowest BCUT2D eigenvalue weighted by Crippen LogP contribution is -2.50. The van der Waals surface area contributed by atoms with Crippen LogP contribution in [0.3, 0.4) is 0 Å². The van der Waals surface area contributed by atoms with E-state index in [1.165, 1.54) is 35.4 Å². The van der Waals surface area contributed by atoms with Gasteiger partial charge in [-0.15, -0.1) is 0 Å². The van der Waals surface area contributed by atoms with Crippen LogP contribution in [0.1, 0.15) is 90.0 Å². The maximum Gasteiger partial charge on any atom is 0.416 e. The third-order valence-electron chi connectivity index (χ3n) is 12.1. The summed E-state index contributed by atoms with van der Waals surface area (Å²) >= 11 is 0. The van der Waals surface area contributed by atoms with Gasteiger partial charge >= 0.3 is 18.3 Å². The number of alkyl halides is 6. The number of carbonyl (C=O) groups is 3. The molecule has 326 valence electrons. The fourth-order valence-corrected chi connectivity index (χ4v) is 8.73. The van der Waals surface area contributed by atoms with Crippen LogP contribution in [-0.2, 0) is 53.6 Å². The normalized spacial score (nSPS) is 20.4. The molecule has 6 rings (SSSR count). The zero-order valence-corrected chi connectivity index (χ0v) is 33.7. The van der Waals surface area contributed by atoms with Crippen LogP contribution in [0.25, 0.3) is 0 Å². The summed E-state index contributed by atoms with van der Waals surface area (Å²) in [7, 11) is 1.74. The van der Waals surface area contributed by atoms with Crippen molar-refractivity contribution in [2.45, 2.75) is 87.8 Å². The molecule has 3 aromatic rings. The predicted molar refractivity (Wildman–Crippen MR) is 206 cm³/mol. The number of hydrogen-bond acceptors (Lipinski definition) is 7. The molecule has 0 saturated carbocycles. The Labute approximate surface area is 344 Å². The van der Waals surface area contributed by atoms with Gasteiger partial charge in [-0.25, -0.2) is 4.39 Å². The van der Waals surface area contributed by atoms with Crippen molar-refractivity contribution in [3.05, 3.63) is 106 Å². The molecular formula is C44H50F7N3O6. The molecule has 3 aliphatic rings. The molecule has 0 aromatic heterocycles. The summed E-state index contributed by atoms with van der Waals surface area (Å²) in [5.74, 6) is -1.93. The smallest absolute Gasteiger partial charge is 0.416 e. The van der Waals surface area contributed by atoms with Crippen molar-refractivity contribution in [3.63, 3.8) is 0 Å². The highest BCUT2D eigenvalue weighted by molar-refractivity contribution is 5.95. The van der Waals surface area contributed by atoms with Crippen LogP contribution < -0.4 is 0 Å². The molecule has 2 amide bonds. The summed E-state index contributed by atoms with van der Waals surface area (Å²) in [6.45, 7) is 3.72. The van der Waals surface area contributed by atoms with Gasteiger partial charge < -0.3 is 28.9 Å². The Morgan fingerprint density at radius 1 is 0.900 bits per heavy atom. The number of likely N-dealkylation sites (N-methyl/N-ethyl adjacent to an activating group) is 1. The van der Waals surface area contributed by atoms with Gasteiger partial charge in [-0.1, -0.05) is 42.8 Å². The van der Waals surface area contributed by atoms with Gasteiger partial charge in [0.2, 0.25) is 5.91 Å². The highest BCUT2D eigenvalue weighted by atomic mass is 19.4. The van der Waals surface area contributed by atoms with E-state index in [1.54, 1.807) is 18.9 Å². The lowest BCUT2D eigenvalue weighted by atomic mass is 9.72. The molecule has 3 aromatic carbocycles. The number of unbranched alkanes of at least 4 members (excludes halogenated alkanes) is 2. The lowest BCUT2D eigenvalue weighted by Gasteiger charge is -2.44. The second-order valence-corrected chi connectivity index (χ2v) is 15.9. The third kappa shape index (κ3) is 10.3. The number of carbonyl (C=O) groups excluding carboxylic acids is 3. The van der Waals surface area contributed by atoms with Gasteiger partial charge in [0.05, 0.1) is 30.4 Å². The molecule has 0 N–H and O–H groups in total. The summed E-state index contributed by atoms with van der Waals surface area (Å²) < 4.78 is 113. The van der Waals surface area contributed by atoms with Crippen LogP contribution in [0.5, 0.6) is 0 Å². The number of benzene rings is 3. The maximum atomic E-state index is 14.1. The van der Waals surface area contributed by atoms with Crippen LogP contribution in [0, 0.1) is 5.82 Å². The summed E-state index contributed by atoms with van der Waals surface area (Å²) in [6.07, 6.45) is -5.56. The Kier molecular flexibility index (Phi) is 14.0. The molecule has 1 spiro atoms. The van der Waals surface area contributed by atoms with E-state index in [9.17, 15) is 45.1 Å². The largest absolute Gasteiger partial charge is 0.466 e. The second-order valence-electron chi connectivity index (χ2n) is 15.9. The van der Waals surface area contributed by atoms with E-state index in [1.807, 2.05) is 12.1 Å². The summed E-state index contributed by atoms with van der Waals surface area (Å²) in [6, 6.07) is 14.4. The molecular weight excluding hydrogens is 799 g/mol. The average molecular weight is 850 g/mol. The molecule has 0 bridgehead atoms. The van der Waals surface area contributed by atoms with Gasteiger partial charge in [0.1, 0.15) is 24.8 Å². The minimum absolute atomic E-state index is 0.0263. The third-order valence-corrected chi connectivity index (χ3v) is 12.1. The molecule has 2 atom stereocenters. The van der Waals surface area contributed by atoms with Crippen LogP contribution in [0.15, 0.2) is 66.7 Å². The molecule has 9 nitrogen and oxygen atoms in total. The van der Waals surface area contributed by atoms with Gasteiger partial charge in [-0.3, -0.25) is 14.4 Å². The molecule has 1 aliphatic carbocycles. The first-order valence-corrected chi connectivity index (χ1v) is 20.2. The minimum Gasteiger partial charge on any atom is -0.466 e. The summed E-state index contributed by atoms with van der Waals surface area (Å²) in [4.78, 5) is 43.3. The first kappa shape index (κ1) is 45.0. The number of esters is 1. The standard InChI is InChI=1S/C44H50F7N3O6/c1-3-58-39(56)11-5-4-8-19-52(2)38(55)27-59-37-25-30-9-6-7-10-36(30)41(37)16-20-53(21-17-41)22-18-42(32-12-14-35(45)15-13-32)28-54(29-60-42)40(57)31-23-33(43(46,47)48)26-34(24-31)44(49,50)51/h6-7,9-10,12-15,23-24,26,37H,3-5,8,11,16-22,25,27-29H2,1-2H3/t37-,42+/m0/s1. The van der Waals surface area contributed by atoms with Crippen molar-refractivity contribution in [1.82, 2.24) is 14.7 Å². The minimum atomic E-state index is -5.13. The molecule has 16 heteroatoms. The van der Waals surface area contributed by atoms with Gasteiger partial charge in [-0.2, -0.15) is 26.3 Å². The first-order chi connectivity index (χ1) is 28.4. The van der Waals surface area contributed by atoms with Crippen molar-refractivity contribution in [2.75, 3.05) is 59.7 Å². The summed E-state index contributed by atoms with van der Waals surface area (Å²) in [5, 5.41) is 0. The van der Waals surface area contributed by atoms with Crippen LogP contribution in [0.4, 0.5) is 30.7 Å². The fourth-order valence-electron chi connectivity index (χ4n) is 8.73. The van der Waals surface area contributed by atoms with Gasteiger partial charge in [0.15, 0.2) is 0 Å². The molecule has 2 aliphatic heterocycles.